The van der Waals surface area contributed by atoms with Crippen molar-refractivity contribution in [3.8, 4) is 5.75 Å². The van der Waals surface area contributed by atoms with E-state index in [1.54, 1.807) is 18.4 Å². The molecular weight excluding hydrogens is 292 g/mol. The molecule has 0 saturated carbocycles. The van der Waals surface area contributed by atoms with Gasteiger partial charge in [-0.3, -0.25) is 0 Å². The van der Waals surface area contributed by atoms with E-state index in [1.165, 1.54) is 17.3 Å². The average molecular weight is 306 g/mol. The van der Waals surface area contributed by atoms with Crippen molar-refractivity contribution in [3.63, 3.8) is 0 Å². The van der Waals surface area contributed by atoms with Crippen molar-refractivity contribution in [2.75, 3.05) is 13.2 Å². The van der Waals surface area contributed by atoms with Crippen LogP contribution in [-0.4, -0.2) is 34.3 Å². The Bertz CT molecular complexity index is 792. The van der Waals surface area contributed by atoms with Gasteiger partial charge in [-0.05, 0) is 42.0 Å². The lowest BCUT2D eigenvalue weighted by molar-refractivity contribution is 0.164. The van der Waals surface area contributed by atoms with Gasteiger partial charge in [-0.2, -0.15) is 5.10 Å². The molecule has 6 heteroatoms. The number of hydrogen-bond donors (Lipinski definition) is 0. The third-order valence-electron chi connectivity index (χ3n) is 2.88. The molecule has 0 radical (unpaired) electrons. The minimum atomic E-state index is 0.465. The third-order valence-corrected chi connectivity index (χ3v) is 2.88. The first-order chi connectivity index (χ1) is 11.4. The van der Waals surface area contributed by atoms with Crippen molar-refractivity contribution in [2.45, 2.75) is 0 Å². The van der Waals surface area contributed by atoms with Crippen LogP contribution in [0.25, 0.3) is 0 Å². The van der Waals surface area contributed by atoms with E-state index in [2.05, 4.69) is 26.8 Å². The Kier molecular flexibility index (Phi) is 4.83. The molecular formula is C17H14N4O2. The molecule has 0 amide bonds. The van der Waals surface area contributed by atoms with Gasteiger partial charge in [0.1, 0.15) is 37.4 Å². The van der Waals surface area contributed by atoms with E-state index < -0.39 is 0 Å². The molecule has 0 unspecified atom stereocenters. The van der Waals surface area contributed by atoms with Crippen LogP contribution in [0.4, 0.5) is 0 Å². The minimum Gasteiger partial charge on any atom is -0.490 e. The molecule has 0 fully saturated rings. The summed E-state index contributed by atoms with van der Waals surface area (Å²) in [5, 5.41) is 11.5. The fraction of sp³-hybridized carbons (Fsp3) is 0.118. The van der Waals surface area contributed by atoms with E-state index in [1.807, 2.05) is 30.3 Å². The van der Waals surface area contributed by atoms with Gasteiger partial charge in [0, 0.05) is 6.08 Å². The van der Waals surface area contributed by atoms with E-state index in [4.69, 9.17) is 9.47 Å². The largest absolute Gasteiger partial charge is 0.490 e. The average Bonchev–Trinajstić information content (AvgIpc) is 3.12. The highest BCUT2D eigenvalue weighted by Gasteiger charge is 1.97. The topological polar surface area (TPSA) is 61.5 Å². The third kappa shape index (κ3) is 4.58. The zero-order valence-corrected chi connectivity index (χ0v) is 12.3. The SMILES string of the molecule is C1=C=CC(OCCOc2ccc(C=Nn3cnnc3)cc2)=CC=1. The van der Waals surface area contributed by atoms with Crippen LogP contribution >= 0.6 is 0 Å². The molecule has 114 valence electrons. The molecule has 1 aliphatic carbocycles. The summed E-state index contributed by atoms with van der Waals surface area (Å²) in [5.41, 5.74) is 6.61. The van der Waals surface area contributed by atoms with Crippen LogP contribution < -0.4 is 4.74 Å². The van der Waals surface area contributed by atoms with Gasteiger partial charge in [0.15, 0.2) is 0 Å². The van der Waals surface area contributed by atoms with Crippen molar-refractivity contribution in [2.24, 2.45) is 5.10 Å². The molecule has 0 aliphatic heterocycles. The Morgan fingerprint density at radius 2 is 1.83 bits per heavy atom. The number of rotatable bonds is 7. The standard InChI is InChI=1S/C17H14N4O2/c1-2-4-16(5-3-1)22-10-11-23-17-8-6-15(7-9-17)12-20-21-13-18-19-14-21/h2,4-9,12-14H,10-11H2. The lowest BCUT2D eigenvalue weighted by atomic mass is 10.2. The van der Waals surface area contributed by atoms with E-state index in [0.29, 0.717) is 13.2 Å². The summed E-state index contributed by atoms with van der Waals surface area (Å²) in [7, 11) is 0. The summed E-state index contributed by atoms with van der Waals surface area (Å²) in [4.78, 5) is 0. The fourth-order valence-electron chi connectivity index (χ4n) is 1.78. The Labute approximate surface area is 133 Å². The maximum atomic E-state index is 5.62. The lowest BCUT2D eigenvalue weighted by Crippen LogP contribution is -2.06. The van der Waals surface area contributed by atoms with Gasteiger partial charge in [-0.15, -0.1) is 10.2 Å². The number of benzene rings is 1. The van der Waals surface area contributed by atoms with Crippen LogP contribution in [0.15, 0.2) is 77.5 Å². The Hall–Kier alpha value is -3.33. The van der Waals surface area contributed by atoms with Gasteiger partial charge < -0.3 is 9.47 Å². The quantitative estimate of drug-likeness (QED) is 0.447. The normalized spacial score (nSPS) is 12.6. The zero-order valence-electron chi connectivity index (χ0n) is 12.3. The summed E-state index contributed by atoms with van der Waals surface area (Å²) < 4.78 is 12.7. The summed E-state index contributed by atoms with van der Waals surface area (Å²) in [5.74, 6) is 1.54. The van der Waals surface area contributed by atoms with Gasteiger partial charge >= 0.3 is 0 Å². The second-order valence-corrected chi connectivity index (χ2v) is 4.52. The number of allylic oxidation sites excluding steroid dienone is 3. The molecule has 1 heterocycles. The van der Waals surface area contributed by atoms with Crippen molar-refractivity contribution >= 4 is 6.21 Å². The molecule has 0 bridgehead atoms. The fourth-order valence-corrected chi connectivity index (χ4v) is 1.78. The molecule has 3 rings (SSSR count). The lowest BCUT2D eigenvalue weighted by Gasteiger charge is -2.08. The molecule has 0 spiro atoms. The molecule has 2 aromatic rings. The molecule has 1 aliphatic rings. The van der Waals surface area contributed by atoms with Gasteiger partial charge in [0.2, 0.25) is 0 Å². The second kappa shape index (κ2) is 7.61. The first kappa shape index (κ1) is 14.6. The van der Waals surface area contributed by atoms with E-state index in [9.17, 15) is 0 Å². The van der Waals surface area contributed by atoms with Crippen molar-refractivity contribution in [3.05, 3.63) is 77.9 Å². The Morgan fingerprint density at radius 1 is 1.04 bits per heavy atom. The highest BCUT2D eigenvalue weighted by atomic mass is 16.5. The molecule has 0 saturated heterocycles. The Morgan fingerprint density at radius 3 is 2.57 bits per heavy atom. The first-order valence-electron chi connectivity index (χ1n) is 7.02. The molecule has 0 atom stereocenters. The number of hydrogen-bond acceptors (Lipinski definition) is 5. The van der Waals surface area contributed by atoms with E-state index in [-0.39, 0.29) is 0 Å². The molecule has 1 aromatic carbocycles. The van der Waals surface area contributed by atoms with Crippen LogP contribution in [0.1, 0.15) is 5.56 Å². The first-order valence-corrected chi connectivity index (χ1v) is 7.02. The van der Waals surface area contributed by atoms with Crippen molar-refractivity contribution in [1.82, 2.24) is 14.9 Å². The second-order valence-electron chi connectivity index (χ2n) is 4.52. The summed E-state index contributed by atoms with van der Waals surface area (Å²) in [6.45, 7) is 0.932. The van der Waals surface area contributed by atoms with Crippen LogP contribution in [0, 0.1) is 0 Å². The number of ether oxygens (including phenoxy) is 2. The van der Waals surface area contributed by atoms with Crippen molar-refractivity contribution < 1.29 is 9.47 Å². The van der Waals surface area contributed by atoms with Gasteiger partial charge in [0.25, 0.3) is 0 Å². The highest BCUT2D eigenvalue weighted by molar-refractivity contribution is 5.79. The van der Waals surface area contributed by atoms with E-state index in [0.717, 1.165) is 17.1 Å². The zero-order chi connectivity index (χ0) is 15.7. The number of nitrogens with zero attached hydrogens (tertiary/aromatic N) is 4. The van der Waals surface area contributed by atoms with Gasteiger partial charge in [-0.25, -0.2) is 4.68 Å². The monoisotopic (exact) mass is 306 g/mol. The molecule has 0 N–H and O–H groups in total. The van der Waals surface area contributed by atoms with Gasteiger partial charge in [-0.1, -0.05) is 11.5 Å². The summed E-state index contributed by atoms with van der Waals surface area (Å²) in [6.07, 6.45) is 10.1. The molecule has 6 nitrogen and oxygen atoms in total. The Balaban J connectivity index is 1.43. The summed E-state index contributed by atoms with van der Waals surface area (Å²) >= 11 is 0. The smallest absolute Gasteiger partial charge is 0.141 e. The maximum absolute atomic E-state index is 5.62. The molecule has 23 heavy (non-hydrogen) atoms. The van der Waals surface area contributed by atoms with Gasteiger partial charge in [0.05, 0.1) is 6.21 Å². The van der Waals surface area contributed by atoms with Crippen molar-refractivity contribution in [1.29, 1.82) is 0 Å². The van der Waals surface area contributed by atoms with Crippen LogP contribution in [0.5, 0.6) is 5.75 Å². The number of aromatic nitrogens is 3. The van der Waals surface area contributed by atoms with Crippen LogP contribution in [0.3, 0.4) is 0 Å². The van der Waals surface area contributed by atoms with Crippen LogP contribution in [-0.2, 0) is 4.74 Å². The predicted octanol–water partition coefficient (Wildman–Crippen LogP) is 2.32. The van der Waals surface area contributed by atoms with E-state index >= 15 is 0 Å². The summed E-state index contributed by atoms with van der Waals surface area (Å²) in [6, 6.07) is 7.62. The predicted molar refractivity (Wildman–Crippen MR) is 85.2 cm³/mol. The highest BCUT2D eigenvalue weighted by Crippen LogP contribution is 2.11. The van der Waals surface area contributed by atoms with Crippen LogP contribution in [0.2, 0.25) is 0 Å². The maximum Gasteiger partial charge on any atom is 0.141 e. The molecule has 1 aromatic heterocycles. The minimum absolute atomic E-state index is 0.465.